The molecule has 0 aliphatic heterocycles. The third kappa shape index (κ3) is 4.30. The van der Waals surface area contributed by atoms with Crippen molar-refractivity contribution in [1.82, 2.24) is 0 Å². The Labute approximate surface area is 110 Å². The molecule has 1 fully saturated rings. The fraction of sp³-hybridized carbons (Fsp3) is 1.00. The first-order chi connectivity index (χ1) is 7.99. The molecule has 0 amide bonds. The van der Waals surface area contributed by atoms with Crippen LogP contribution in [0.4, 0.5) is 0 Å². The van der Waals surface area contributed by atoms with Crippen LogP contribution < -0.4 is 0 Å². The first kappa shape index (κ1) is 15.1. The van der Waals surface area contributed by atoms with Crippen LogP contribution in [0.15, 0.2) is 0 Å². The predicted octanol–water partition coefficient (Wildman–Crippen LogP) is 6.06. The number of hydrogen-bond donors (Lipinski definition) is 0. The molecule has 0 N–H and O–H groups in total. The van der Waals surface area contributed by atoms with Crippen molar-refractivity contribution in [3.63, 3.8) is 0 Å². The quantitative estimate of drug-likeness (QED) is 0.506. The van der Waals surface area contributed by atoms with E-state index in [2.05, 4.69) is 34.6 Å². The van der Waals surface area contributed by atoms with Crippen LogP contribution in [0.25, 0.3) is 0 Å². The van der Waals surface area contributed by atoms with Crippen LogP contribution in [0, 0.1) is 23.2 Å². The van der Waals surface area contributed by atoms with Gasteiger partial charge in [0.25, 0.3) is 0 Å². The number of hydrogen-bond acceptors (Lipinski definition) is 0. The summed E-state index contributed by atoms with van der Waals surface area (Å²) in [7, 11) is 0. The molecule has 0 heterocycles. The minimum absolute atomic E-state index is 0.647. The monoisotopic (exact) mass is 238 g/mol. The second-order valence-electron chi connectivity index (χ2n) is 7.15. The lowest BCUT2D eigenvalue weighted by molar-refractivity contribution is 0.137. The van der Waals surface area contributed by atoms with Gasteiger partial charge in [-0.15, -0.1) is 0 Å². The van der Waals surface area contributed by atoms with Gasteiger partial charge in [0.15, 0.2) is 0 Å². The molecule has 0 aromatic carbocycles. The van der Waals surface area contributed by atoms with Crippen molar-refractivity contribution in [2.45, 2.75) is 86.0 Å². The minimum Gasteiger partial charge on any atom is -0.0654 e. The van der Waals surface area contributed by atoms with E-state index in [1.807, 2.05) is 0 Å². The van der Waals surface area contributed by atoms with Gasteiger partial charge in [-0.2, -0.15) is 0 Å². The molecule has 0 bridgehead atoms. The van der Waals surface area contributed by atoms with Crippen molar-refractivity contribution < 1.29 is 0 Å². The molecule has 0 spiro atoms. The Balaban J connectivity index is 2.51. The Kier molecular flexibility index (Phi) is 6.03. The van der Waals surface area contributed by atoms with Crippen molar-refractivity contribution in [2.24, 2.45) is 23.2 Å². The largest absolute Gasteiger partial charge is 0.0654 e. The van der Waals surface area contributed by atoms with Gasteiger partial charge in [0.1, 0.15) is 0 Å². The van der Waals surface area contributed by atoms with E-state index in [1.165, 1.54) is 51.4 Å². The molecular weight excluding hydrogens is 204 g/mol. The summed E-state index contributed by atoms with van der Waals surface area (Å²) in [6, 6.07) is 0. The molecular formula is C17H34. The predicted molar refractivity (Wildman–Crippen MR) is 78.2 cm³/mol. The van der Waals surface area contributed by atoms with E-state index in [1.54, 1.807) is 0 Å². The molecule has 0 saturated heterocycles. The standard InChI is InChI=1S/C17H34/c1-6-12-17(5,16-9-7-8-10-16)13-11-15(4)14(2)3/h14-16H,6-13H2,1-5H3. The van der Waals surface area contributed by atoms with Crippen molar-refractivity contribution in [1.29, 1.82) is 0 Å². The molecule has 0 nitrogen and oxygen atoms in total. The van der Waals surface area contributed by atoms with Crippen LogP contribution in [0.2, 0.25) is 0 Å². The first-order valence-corrected chi connectivity index (χ1v) is 7.99. The van der Waals surface area contributed by atoms with Gasteiger partial charge in [0.05, 0.1) is 0 Å². The van der Waals surface area contributed by atoms with Gasteiger partial charge in [-0.3, -0.25) is 0 Å². The van der Waals surface area contributed by atoms with Crippen LogP contribution >= 0.6 is 0 Å². The first-order valence-electron chi connectivity index (χ1n) is 7.99. The van der Waals surface area contributed by atoms with Crippen molar-refractivity contribution in [3.8, 4) is 0 Å². The van der Waals surface area contributed by atoms with Crippen LogP contribution in [-0.4, -0.2) is 0 Å². The van der Waals surface area contributed by atoms with Gasteiger partial charge in [0.2, 0.25) is 0 Å². The van der Waals surface area contributed by atoms with Gasteiger partial charge in [0, 0.05) is 0 Å². The molecule has 0 aromatic heterocycles. The Hall–Kier alpha value is 0. The zero-order chi connectivity index (χ0) is 12.9. The van der Waals surface area contributed by atoms with E-state index < -0.39 is 0 Å². The topological polar surface area (TPSA) is 0 Å². The molecule has 102 valence electrons. The molecule has 1 saturated carbocycles. The molecule has 2 unspecified atom stereocenters. The van der Waals surface area contributed by atoms with Crippen LogP contribution in [0.3, 0.4) is 0 Å². The van der Waals surface area contributed by atoms with Crippen LogP contribution in [-0.2, 0) is 0 Å². The molecule has 0 radical (unpaired) electrons. The van der Waals surface area contributed by atoms with Gasteiger partial charge in [-0.1, -0.05) is 53.9 Å². The average Bonchev–Trinajstić information content (AvgIpc) is 2.80. The third-order valence-electron chi connectivity index (χ3n) is 5.47. The smallest absolute Gasteiger partial charge is 0.0298 e. The van der Waals surface area contributed by atoms with E-state index >= 15 is 0 Å². The van der Waals surface area contributed by atoms with Crippen molar-refractivity contribution in [2.75, 3.05) is 0 Å². The maximum atomic E-state index is 2.58. The Bertz CT molecular complexity index is 200. The molecule has 1 rings (SSSR count). The molecule has 0 aromatic rings. The van der Waals surface area contributed by atoms with Crippen molar-refractivity contribution >= 4 is 0 Å². The Morgan fingerprint density at radius 2 is 1.65 bits per heavy atom. The maximum absolute atomic E-state index is 2.58. The second kappa shape index (κ2) is 6.81. The lowest BCUT2D eigenvalue weighted by Crippen LogP contribution is -2.26. The van der Waals surface area contributed by atoms with Gasteiger partial charge in [-0.25, -0.2) is 0 Å². The number of rotatable bonds is 7. The lowest BCUT2D eigenvalue weighted by atomic mass is 9.68. The van der Waals surface area contributed by atoms with E-state index in [4.69, 9.17) is 0 Å². The van der Waals surface area contributed by atoms with E-state index in [0.29, 0.717) is 5.41 Å². The van der Waals surface area contributed by atoms with E-state index in [-0.39, 0.29) is 0 Å². The zero-order valence-electron chi connectivity index (χ0n) is 12.9. The van der Waals surface area contributed by atoms with Gasteiger partial charge < -0.3 is 0 Å². The van der Waals surface area contributed by atoms with Gasteiger partial charge >= 0.3 is 0 Å². The summed E-state index contributed by atoms with van der Waals surface area (Å²) in [4.78, 5) is 0. The molecule has 2 atom stereocenters. The Morgan fingerprint density at radius 3 is 2.12 bits per heavy atom. The maximum Gasteiger partial charge on any atom is -0.0298 e. The van der Waals surface area contributed by atoms with Crippen molar-refractivity contribution in [3.05, 3.63) is 0 Å². The average molecular weight is 238 g/mol. The fourth-order valence-electron chi connectivity index (χ4n) is 3.62. The van der Waals surface area contributed by atoms with E-state index in [0.717, 1.165) is 17.8 Å². The highest BCUT2D eigenvalue weighted by atomic mass is 14.4. The normalized spacial score (nSPS) is 22.9. The highest BCUT2D eigenvalue weighted by Crippen LogP contribution is 2.46. The zero-order valence-corrected chi connectivity index (χ0v) is 12.9. The summed E-state index contributed by atoms with van der Waals surface area (Å²) < 4.78 is 0. The summed E-state index contributed by atoms with van der Waals surface area (Å²) in [5, 5.41) is 0. The third-order valence-corrected chi connectivity index (χ3v) is 5.47. The lowest BCUT2D eigenvalue weighted by Gasteiger charge is -2.37. The van der Waals surface area contributed by atoms with Gasteiger partial charge in [-0.05, 0) is 55.3 Å². The summed E-state index contributed by atoms with van der Waals surface area (Å²) in [5.74, 6) is 2.78. The molecule has 17 heavy (non-hydrogen) atoms. The second-order valence-corrected chi connectivity index (χ2v) is 7.15. The Morgan fingerprint density at radius 1 is 1.06 bits per heavy atom. The fourth-order valence-corrected chi connectivity index (χ4v) is 3.62. The molecule has 0 heteroatoms. The highest BCUT2D eigenvalue weighted by molar-refractivity contribution is 4.86. The SMILES string of the molecule is CCCC(C)(CCC(C)C(C)C)C1CCCC1. The summed E-state index contributed by atoms with van der Waals surface area (Å²) in [6.07, 6.45) is 11.7. The summed E-state index contributed by atoms with van der Waals surface area (Å²) >= 11 is 0. The van der Waals surface area contributed by atoms with Crippen LogP contribution in [0.5, 0.6) is 0 Å². The summed E-state index contributed by atoms with van der Waals surface area (Å²) in [5.41, 5.74) is 0.647. The molecule has 1 aliphatic rings. The van der Waals surface area contributed by atoms with Crippen LogP contribution in [0.1, 0.15) is 86.0 Å². The molecule has 1 aliphatic carbocycles. The summed E-state index contributed by atoms with van der Waals surface area (Å²) in [6.45, 7) is 12.1. The van der Waals surface area contributed by atoms with E-state index in [9.17, 15) is 0 Å². The highest BCUT2D eigenvalue weighted by Gasteiger charge is 2.35. The minimum atomic E-state index is 0.647.